The third kappa shape index (κ3) is 3.49. The lowest BCUT2D eigenvalue weighted by Crippen LogP contribution is -2.14. The molecule has 0 aliphatic rings. The molecule has 0 saturated carbocycles. The Morgan fingerprint density at radius 3 is 2.76 bits per heavy atom. The van der Waals surface area contributed by atoms with Gasteiger partial charge in [-0.1, -0.05) is 57.1 Å². The fourth-order valence-electron chi connectivity index (χ4n) is 2.01. The molecular formula is C16H13BrN2OS. The van der Waals surface area contributed by atoms with E-state index in [1.165, 1.54) is 16.9 Å². The standard InChI is InChI=1S/C16H13BrN2OS/c1-10-2-4-11(5-3-10)8-15(20)19-16-18-13-7-6-12(17)9-14(13)21-16/h2-7,9H,8H2,1H3,(H,18,19,20). The van der Waals surface area contributed by atoms with E-state index in [1.807, 2.05) is 49.4 Å². The number of benzene rings is 2. The van der Waals surface area contributed by atoms with Crippen LogP contribution in [-0.4, -0.2) is 10.9 Å². The maximum absolute atomic E-state index is 12.1. The average Bonchev–Trinajstić information content (AvgIpc) is 2.82. The number of nitrogens with zero attached hydrogens (tertiary/aromatic N) is 1. The largest absolute Gasteiger partial charge is 0.302 e. The van der Waals surface area contributed by atoms with Crippen LogP contribution < -0.4 is 5.32 Å². The van der Waals surface area contributed by atoms with Gasteiger partial charge in [0.2, 0.25) is 5.91 Å². The van der Waals surface area contributed by atoms with Gasteiger partial charge in [-0.25, -0.2) is 4.98 Å². The molecule has 0 aliphatic heterocycles. The molecular weight excluding hydrogens is 348 g/mol. The summed E-state index contributed by atoms with van der Waals surface area (Å²) in [5.74, 6) is -0.0445. The number of thiazole rings is 1. The summed E-state index contributed by atoms with van der Waals surface area (Å²) in [6.45, 7) is 2.03. The summed E-state index contributed by atoms with van der Waals surface area (Å²) in [6.07, 6.45) is 0.361. The fraction of sp³-hybridized carbons (Fsp3) is 0.125. The van der Waals surface area contributed by atoms with E-state index in [4.69, 9.17) is 0 Å². The summed E-state index contributed by atoms with van der Waals surface area (Å²) in [7, 11) is 0. The van der Waals surface area contributed by atoms with Gasteiger partial charge in [-0.2, -0.15) is 0 Å². The summed E-state index contributed by atoms with van der Waals surface area (Å²) in [4.78, 5) is 16.5. The molecule has 1 N–H and O–H groups in total. The highest BCUT2D eigenvalue weighted by atomic mass is 79.9. The van der Waals surface area contributed by atoms with E-state index in [2.05, 4.69) is 26.2 Å². The molecule has 0 atom stereocenters. The second-order valence-corrected chi connectivity index (χ2v) is 6.79. The monoisotopic (exact) mass is 360 g/mol. The van der Waals surface area contributed by atoms with Crippen molar-refractivity contribution in [3.05, 3.63) is 58.1 Å². The van der Waals surface area contributed by atoms with Crippen molar-refractivity contribution in [1.29, 1.82) is 0 Å². The molecule has 1 heterocycles. The SMILES string of the molecule is Cc1ccc(CC(=O)Nc2nc3ccc(Br)cc3s2)cc1. The predicted molar refractivity (Wildman–Crippen MR) is 90.8 cm³/mol. The van der Waals surface area contributed by atoms with Crippen LogP contribution in [0.1, 0.15) is 11.1 Å². The second kappa shape index (κ2) is 5.95. The minimum Gasteiger partial charge on any atom is -0.302 e. The summed E-state index contributed by atoms with van der Waals surface area (Å²) in [6, 6.07) is 13.9. The molecule has 21 heavy (non-hydrogen) atoms. The Morgan fingerprint density at radius 2 is 2.00 bits per heavy atom. The number of carbonyl (C=O) groups excluding carboxylic acids is 1. The van der Waals surface area contributed by atoms with Gasteiger partial charge in [0.05, 0.1) is 16.6 Å². The normalized spacial score (nSPS) is 10.8. The lowest BCUT2D eigenvalue weighted by molar-refractivity contribution is -0.115. The zero-order chi connectivity index (χ0) is 14.8. The number of rotatable bonds is 3. The number of hydrogen-bond donors (Lipinski definition) is 1. The lowest BCUT2D eigenvalue weighted by atomic mass is 10.1. The quantitative estimate of drug-likeness (QED) is 0.744. The zero-order valence-corrected chi connectivity index (χ0v) is 13.8. The average molecular weight is 361 g/mol. The maximum Gasteiger partial charge on any atom is 0.230 e. The predicted octanol–water partition coefficient (Wildman–Crippen LogP) is 4.55. The number of fused-ring (bicyclic) bond motifs is 1. The van der Waals surface area contributed by atoms with E-state index in [-0.39, 0.29) is 5.91 Å². The molecule has 1 amide bonds. The summed E-state index contributed by atoms with van der Waals surface area (Å²) >= 11 is 4.91. The van der Waals surface area contributed by atoms with Gasteiger partial charge in [0, 0.05) is 4.47 Å². The van der Waals surface area contributed by atoms with Gasteiger partial charge in [0.15, 0.2) is 5.13 Å². The number of aromatic nitrogens is 1. The molecule has 0 radical (unpaired) electrons. The number of amides is 1. The second-order valence-electron chi connectivity index (χ2n) is 4.84. The molecule has 3 aromatic rings. The third-order valence-electron chi connectivity index (χ3n) is 3.08. The van der Waals surface area contributed by atoms with E-state index in [9.17, 15) is 4.79 Å². The maximum atomic E-state index is 12.1. The first-order valence-electron chi connectivity index (χ1n) is 6.52. The number of aryl methyl sites for hydroxylation is 1. The van der Waals surface area contributed by atoms with Crippen molar-refractivity contribution in [3.63, 3.8) is 0 Å². The first-order chi connectivity index (χ1) is 10.1. The molecule has 0 unspecified atom stereocenters. The van der Waals surface area contributed by atoms with Crippen LogP contribution in [0.2, 0.25) is 0 Å². The minimum absolute atomic E-state index is 0.0445. The van der Waals surface area contributed by atoms with Crippen LogP contribution in [0.25, 0.3) is 10.2 Å². The molecule has 106 valence electrons. The number of anilines is 1. The van der Waals surface area contributed by atoms with Crippen LogP contribution >= 0.6 is 27.3 Å². The Kier molecular flexibility index (Phi) is 4.03. The van der Waals surface area contributed by atoms with Gasteiger partial charge in [0.1, 0.15) is 0 Å². The van der Waals surface area contributed by atoms with Crippen molar-refractivity contribution in [2.45, 2.75) is 13.3 Å². The van der Waals surface area contributed by atoms with Crippen molar-refractivity contribution in [2.75, 3.05) is 5.32 Å². The van der Waals surface area contributed by atoms with Crippen LogP contribution in [0.4, 0.5) is 5.13 Å². The van der Waals surface area contributed by atoms with Crippen molar-refractivity contribution in [2.24, 2.45) is 0 Å². The first kappa shape index (κ1) is 14.2. The molecule has 1 aromatic heterocycles. The molecule has 0 fully saturated rings. The van der Waals surface area contributed by atoms with Gasteiger partial charge in [0.25, 0.3) is 0 Å². The topological polar surface area (TPSA) is 42.0 Å². The van der Waals surface area contributed by atoms with E-state index < -0.39 is 0 Å². The molecule has 3 nitrogen and oxygen atoms in total. The molecule has 2 aromatic carbocycles. The summed E-state index contributed by atoms with van der Waals surface area (Å²) < 4.78 is 2.06. The van der Waals surface area contributed by atoms with Crippen LogP contribution in [0.5, 0.6) is 0 Å². The minimum atomic E-state index is -0.0445. The summed E-state index contributed by atoms with van der Waals surface area (Å²) in [5.41, 5.74) is 3.09. The van der Waals surface area contributed by atoms with Crippen LogP contribution in [0, 0.1) is 6.92 Å². The number of carbonyl (C=O) groups is 1. The Labute approximate surface area is 135 Å². The van der Waals surface area contributed by atoms with Crippen LogP contribution in [-0.2, 0) is 11.2 Å². The number of halogens is 1. The lowest BCUT2D eigenvalue weighted by Gasteiger charge is -2.02. The van der Waals surface area contributed by atoms with Crippen molar-refractivity contribution in [1.82, 2.24) is 4.98 Å². The van der Waals surface area contributed by atoms with E-state index >= 15 is 0 Å². The van der Waals surface area contributed by atoms with Crippen molar-refractivity contribution < 1.29 is 4.79 Å². The number of nitrogens with one attached hydrogen (secondary N) is 1. The highest BCUT2D eigenvalue weighted by Crippen LogP contribution is 2.28. The van der Waals surface area contributed by atoms with Gasteiger partial charge in [-0.05, 0) is 30.7 Å². The Bertz CT molecular complexity index is 796. The highest BCUT2D eigenvalue weighted by molar-refractivity contribution is 9.10. The smallest absolute Gasteiger partial charge is 0.230 e. The Balaban J connectivity index is 1.72. The molecule has 3 rings (SSSR count). The Morgan fingerprint density at radius 1 is 1.24 bits per heavy atom. The Hall–Kier alpha value is -1.72. The van der Waals surface area contributed by atoms with Crippen molar-refractivity contribution >= 4 is 48.5 Å². The van der Waals surface area contributed by atoms with Gasteiger partial charge in [-0.15, -0.1) is 0 Å². The number of hydrogen-bond acceptors (Lipinski definition) is 3. The van der Waals surface area contributed by atoms with E-state index in [0.29, 0.717) is 11.6 Å². The molecule has 0 spiro atoms. The zero-order valence-electron chi connectivity index (χ0n) is 11.4. The van der Waals surface area contributed by atoms with Crippen molar-refractivity contribution in [3.8, 4) is 0 Å². The molecule has 5 heteroatoms. The third-order valence-corrected chi connectivity index (χ3v) is 4.51. The summed E-state index contributed by atoms with van der Waals surface area (Å²) in [5, 5.41) is 3.51. The van der Waals surface area contributed by atoms with Crippen LogP contribution in [0.3, 0.4) is 0 Å². The molecule has 0 bridgehead atoms. The van der Waals surface area contributed by atoms with Crippen LogP contribution in [0.15, 0.2) is 46.9 Å². The first-order valence-corrected chi connectivity index (χ1v) is 8.12. The highest BCUT2D eigenvalue weighted by Gasteiger charge is 2.08. The molecule has 0 saturated heterocycles. The van der Waals surface area contributed by atoms with Gasteiger partial charge in [-0.3, -0.25) is 4.79 Å². The van der Waals surface area contributed by atoms with E-state index in [1.54, 1.807) is 0 Å². The van der Waals surface area contributed by atoms with Gasteiger partial charge < -0.3 is 5.32 Å². The van der Waals surface area contributed by atoms with Gasteiger partial charge >= 0.3 is 0 Å². The van der Waals surface area contributed by atoms with E-state index in [0.717, 1.165) is 20.3 Å². The molecule has 0 aliphatic carbocycles. The fourth-order valence-corrected chi connectivity index (χ4v) is 3.44.